The highest BCUT2D eigenvalue weighted by molar-refractivity contribution is 5.66. The second-order valence-electron chi connectivity index (χ2n) is 8.54. The highest BCUT2D eigenvalue weighted by atomic mass is 15.2. The predicted octanol–water partition coefficient (Wildman–Crippen LogP) is 6.48. The second-order valence-corrected chi connectivity index (χ2v) is 8.54. The van der Waals surface area contributed by atoms with Crippen molar-refractivity contribution in [3.63, 3.8) is 0 Å². The summed E-state index contributed by atoms with van der Waals surface area (Å²) in [5.74, 6) is 1.37. The van der Waals surface area contributed by atoms with E-state index in [1.54, 1.807) is 0 Å². The third-order valence-corrected chi connectivity index (χ3v) is 6.66. The van der Waals surface area contributed by atoms with Gasteiger partial charge in [0.1, 0.15) is 23.1 Å². The van der Waals surface area contributed by atoms with Gasteiger partial charge in [-0.3, -0.25) is 0 Å². The molecule has 1 aliphatic carbocycles. The van der Waals surface area contributed by atoms with Gasteiger partial charge >= 0.3 is 0 Å². The third kappa shape index (κ3) is 3.09. The largest absolute Gasteiger partial charge is 0.295 e. The molecule has 4 rings (SSSR count). The molecule has 3 aromatic rings. The van der Waals surface area contributed by atoms with Crippen LogP contribution >= 0.6 is 0 Å². The summed E-state index contributed by atoms with van der Waals surface area (Å²) in [7, 11) is 0. The number of para-hydroxylation sites is 1. The van der Waals surface area contributed by atoms with Crippen LogP contribution in [0.2, 0.25) is 0 Å². The van der Waals surface area contributed by atoms with Crippen molar-refractivity contribution in [2.24, 2.45) is 0 Å². The van der Waals surface area contributed by atoms with Crippen LogP contribution in [0.1, 0.15) is 66.2 Å². The minimum atomic E-state index is 0.603. The predicted molar refractivity (Wildman–Crippen MR) is 117 cm³/mol. The van der Waals surface area contributed by atoms with E-state index in [0.717, 1.165) is 0 Å². The number of rotatable bonds is 3. The Morgan fingerprint density at radius 1 is 0.750 bits per heavy atom. The van der Waals surface area contributed by atoms with Crippen LogP contribution in [0.25, 0.3) is 17.1 Å². The van der Waals surface area contributed by atoms with Crippen molar-refractivity contribution in [2.75, 3.05) is 0 Å². The highest BCUT2D eigenvalue weighted by Crippen LogP contribution is 2.34. The number of aryl methyl sites for hydroxylation is 3. The molecule has 2 heteroatoms. The lowest BCUT2D eigenvalue weighted by Gasteiger charge is -2.22. The molecule has 0 N–H and O–H groups in total. The van der Waals surface area contributed by atoms with Crippen molar-refractivity contribution in [3.8, 4) is 17.1 Å². The smallest absolute Gasteiger partial charge is 0.224 e. The minimum Gasteiger partial charge on any atom is -0.224 e. The van der Waals surface area contributed by atoms with Gasteiger partial charge in [0.2, 0.25) is 0 Å². The molecule has 2 nitrogen and oxygen atoms in total. The fourth-order valence-corrected chi connectivity index (χ4v) is 5.06. The molecule has 0 atom stereocenters. The van der Waals surface area contributed by atoms with E-state index in [-0.39, 0.29) is 0 Å². The van der Waals surface area contributed by atoms with E-state index in [1.165, 1.54) is 77.3 Å². The van der Waals surface area contributed by atoms with Gasteiger partial charge < -0.3 is 0 Å². The quantitative estimate of drug-likeness (QED) is 0.465. The van der Waals surface area contributed by atoms with Crippen molar-refractivity contribution in [2.45, 2.75) is 72.8 Å². The summed E-state index contributed by atoms with van der Waals surface area (Å²) < 4.78 is 5.20. The normalized spacial score (nSPS) is 15.2. The van der Waals surface area contributed by atoms with Crippen LogP contribution in [0.15, 0.2) is 42.5 Å². The zero-order chi connectivity index (χ0) is 19.8. The van der Waals surface area contributed by atoms with Crippen molar-refractivity contribution >= 4 is 0 Å². The molecule has 0 spiro atoms. The molecule has 0 amide bonds. The van der Waals surface area contributed by atoms with E-state index in [0.29, 0.717) is 6.04 Å². The Morgan fingerprint density at radius 2 is 1.36 bits per heavy atom. The third-order valence-electron chi connectivity index (χ3n) is 6.66. The molecular weight excluding hydrogens is 340 g/mol. The molecule has 0 aliphatic heterocycles. The van der Waals surface area contributed by atoms with Gasteiger partial charge in [0.25, 0.3) is 5.82 Å². The maximum atomic E-state index is 2.68. The first-order valence-electron chi connectivity index (χ1n) is 10.8. The molecular formula is C26H33N2+. The van der Waals surface area contributed by atoms with E-state index < -0.39 is 0 Å². The standard InChI is InChI=1S/C26H33N2/c1-18-12-9-10-17-24(18)28-22(5)21(4)27(23-15-7-6-8-16-23)26(28)25-19(2)13-11-14-20(25)3/h9-14,17,23H,6-8,15-16H2,1-5H3/q+1. The molecule has 1 heterocycles. The first-order chi connectivity index (χ1) is 13.5. The summed E-state index contributed by atoms with van der Waals surface area (Å²) >= 11 is 0. The van der Waals surface area contributed by atoms with Gasteiger partial charge in [0.05, 0.1) is 5.56 Å². The van der Waals surface area contributed by atoms with Gasteiger partial charge in [-0.05, 0) is 69.2 Å². The Kier molecular flexibility index (Phi) is 5.14. The minimum absolute atomic E-state index is 0.603. The van der Waals surface area contributed by atoms with Gasteiger partial charge in [-0.1, -0.05) is 42.8 Å². The molecule has 28 heavy (non-hydrogen) atoms. The van der Waals surface area contributed by atoms with Crippen LogP contribution in [-0.4, -0.2) is 4.57 Å². The monoisotopic (exact) mass is 373 g/mol. The van der Waals surface area contributed by atoms with Gasteiger partial charge in [-0.15, -0.1) is 0 Å². The van der Waals surface area contributed by atoms with Crippen molar-refractivity contribution in [1.82, 2.24) is 4.57 Å². The van der Waals surface area contributed by atoms with Gasteiger partial charge in [0.15, 0.2) is 0 Å². The lowest BCUT2D eigenvalue weighted by molar-refractivity contribution is -0.720. The van der Waals surface area contributed by atoms with E-state index >= 15 is 0 Å². The van der Waals surface area contributed by atoms with Crippen LogP contribution in [0.3, 0.4) is 0 Å². The number of benzene rings is 2. The molecule has 0 unspecified atom stereocenters. The maximum absolute atomic E-state index is 2.68. The zero-order valence-corrected chi connectivity index (χ0v) is 18.0. The van der Waals surface area contributed by atoms with E-state index in [9.17, 15) is 0 Å². The molecule has 0 bridgehead atoms. The fourth-order valence-electron chi connectivity index (χ4n) is 5.06. The van der Waals surface area contributed by atoms with Crippen molar-refractivity contribution in [1.29, 1.82) is 0 Å². The molecule has 2 aromatic carbocycles. The molecule has 1 fully saturated rings. The van der Waals surface area contributed by atoms with E-state index in [1.807, 2.05) is 0 Å². The molecule has 0 radical (unpaired) electrons. The molecule has 1 aromatic heterocycles. The van der Waals surface area contributed by atoms with E-state index in [2.05, 4.69) is 86.2 Å². The van der Waals surface area contributed by atoms with Crippen LogP contribution in [-0.2, 0) is 0 Å². The Balaban J connectivity index is 2.08. The van der Waals surface area contributed by atoms with E-state index in [4.69, 9.17) is 0 Å². The Labute approximate surface area is 169 Å². The van der Waals surface area contributed by atoms with Crippen LogP contribution in [0.5, 0.6) is 0 Å². The SMILES string of the molecule is Cc1ccccc1-n1c(C)c(C)[n+](C2CCCCC2)c1-c1c(C)cccc1C. The Bertz CT molecular complexity index is 983. The molecule has 146 valence electrons. The summed E-state index contributed by atoms with van der Waals surface area (Å²) in [5.41, 5.74) is 9.51. The number of hydrogen-bond acceptors (Lipinski definition) is 0. The maximum Gasteiger partial charge on any atom is 0.295 e. The molecule has 1 saturated carbocycles. The second kappa shape index (κ2) is 7.58. The highest BCUT2D eigenvalue weighted by Gasteiger charge is 2.35. The summed E-state index contributed by atoms with van der Waals surface area (Å²) in [5, 5.41) is 0. The number of aromatic nitrogens is 2. The molecule has 0 saturated heterocycles. The average Bonchev–Trinajstić information content (AvgIpc) is 2.94. The summed E-state index contributed by atoms with van der Waals surface area (Å²) in [6.07, 6.45) is 6.66. The lowest BCUT2D eigenvalue weighted by atomic mass is 9.94. The first-order valence-corrected chi connectivity index (χ1v) is 10.8. The van der Waals surface area contributed by atoms with Crippen LogP contribution in [0, 0.1) is 34.6 Å². The summed E-state index contributed by atoms with van der Waals surface area (Å²) in [4.78, 5) is 0. The number of nitrogens with zero attached hydrogens (tertiary/aromatic N) is 2. The van der Waals surface area contributed by atoms with Gasteiger partial charge in [-0.2, -0.15) is 4.57 Å². The first kappa shape index (κ1) is 19.0. The van der Waals surface area contributed by atoms with Crippen LogP contribution in [0.4, 0.5) is 0 Å². The summed E-state index contributed by atoms with van der Waals surface area (Å²) in [6.45, 7) is 11.3. The van der Waals surface area contributed by atoms with Crippen LogP contribution < -0.4 is 4.57 Å². The number of imidazole rings is 1. The van der Waals surface area contributed by atoms with Crippen molar-refractivity contribution in [3.05, 3.63) is 70.5 Å². The van der Waals surface area contributed by atoms with Gasteiger partial charge in [0, 0.05) is 13.8 Å². The summed E-state index contributed by atoms with van der Waals surface area (Å²) in [6, 6.07) is 16.1. The lowest BCUT2D eigenvalue weighted by Crippen LogP contribution is -2.44. The Hall–Kier alpha value is -2.35. The Morgan fingerprint density at radius 3 is 2.00 bits per heavy atom. The zero-order valence-electron chi connectivity index (χ0n) is 18.0. The van der Waals surface area contributed by atoms with Gasteiger partial charge in [-0.25, -0.2) is 4.57 Å². The fraction of sp³-hybridized carbons (Fsp3) is 0.423. The number of hydrogen-bond donors (Lipinski definition) is 0. The topological polar surface area (TPSA) is 8.81 Å². The van der Waals surface area contributed by atoms with Crippen molar-refractivity contribution < 1.29 is 4.57 Å². The molecule has 1 aliphatic rings. The average molecular weight is 374 g/mol.